The number of halogens is 1. The third kappa shape index (κ3) is 3.00. The van der Waals surface area contributed by atoms with Crippen molar-refractivity contribution in [3.63, 3.8) is 0 Å². The molecule has 0 bridgehead atoms. The van der Waals surface area contributed by atoms with Gasteiger partial charge in [-0.1, -0.05) is 60.1 Å². The van der Waals surface area contributed by atoms with Crippen LogP contribution in [-0.2, 0) is 19.1 Å². The van der Waals surface area contributed by atoms with Crippen LogP contribution in [0.2, 0.25) is 5.02 Å². The van der Waals surface area contributed by atoms with E-state index in [0.717, 1.165) is 16.7 Å². The first-order valence-electron chi connectivity index (χ1n) is 9.10. The van der Waals surface area contributed by atoms with Gasteiger partial charge in [-0.3, -0.25) is 14.7 Å². The van der Waals surface area contributed by atoms with Crippen molar-refractivity contribution >= 4 is 23.5 Å². The number of hydrogen-bond donors (Lipinski definition) is 1. The van der Waals surface area contributed by atoms with Gasteiger partial charge in [-0.05, 0) is 12.5 Å². The molecule has 1 unspecified atom stereocenters. The van der Waals surface area contributed by atoms with Crippen molar-refractivity contribution in [3.05, 3.63) is 65.2 Å². The number of aromatic amines is 1. The summed E-state index contributed by atoms with van der Waals surface area (Å²) in [6.45, 7) is 0. The second kappa shape index (κ2) is 7.37. The normalized spacial score (nSPS) is 16.9. The summed E-state index contributed by atoms with van der Waals surface area (Å²) >= 11 is 6.43. The van der Waals surface area contributed by atoms with Crippen molar-refractivity contribution in [3.8, 4) is 22.5 Å². The summed E-state index contributed by atoms with van der Waals surface area (Å²) in [4.78, 5) is 25.2. The van der Waals surface area contributed by atoms with Gasteiger partial charge in [-0.25, -0.2) is 0 Å². The van der Waals surface area contributed by atoms with Crippen molar-refractivity contribution in [2.75, 3.05) is 14.2 Å². The number of methoxy groups -OCH3 is 2. The molecule has 1 N–H and O–H groups in total. The van der Waals surface area contributed by atoms with Gasteiger partial charge < -0.3 is 9.47 Å². The molecule has 148 valence electrons. The fourth-order valence-electron chi connectivity index (χ4n) is 3.89. The van der Waals surface area contributed by atoms with Crippen molar-refractivity contribution in [1.82, 2.24) is 10.2 Å². The SMILES string of the molecule is COC(=O)C1(C(=O)OC)CC1c1c(-c2ccccc2)n[nH]c1-c1ccccc1Cl. The Kier molecular flexibility index (Phi) is 4.88. The summed E-state index contributed by atoms with van der Waals surface area (Å²) in [7, 11) is 2.54. The molecule has 1 heterocycles. The van der Waals surface area contributed by atoms with Crippen molar-refractivity contribution in [1.29, 1.82) is 0 Å². The maximum atomic E-state index is 12.6. The molecule has 0 amide bonds. The number of hydrogen-bond acceptors (Lipinski definition) is 5. The van der Waals surface area contributed by atoms with Crippen LogP contribution in [0.3, 0.4) is 0 Å². The number of benzene rings is 2. The Balaban J connectivity index is 1.92. The minimum Gasteiger partial charge on any atom is -0.468 e. The second-order valence-corrected chi connectivity index (χ2v) is 7.33. The molecule has 1 aliphatic rings. The smallest absolute Gasteiger partial charge is 0.323 e. The summed E-state index contributed by atoms with van der Waals surface area (Å²) in [5.41, 5.74) is 2.32. The van der Waals surface area contributed by atoms with Crippen LogP contribution in [0.5, 0.6) is 0 Å². The highest BCUT2D eigenvalue weighted by Gasteiger charge is 2.69. The second-order valence-electron chi connectivity index (χ2n) is 6.92. The van der Waals surface area contributed by atoms with Gasteiger partial charge in [0, 0.05) is 27.6 Å². The van der Waals surface area contributed by atoms with Crippen LogP contribution < -0.4 is 0 Å². The van der Waals surface area contributed by atoms with Gasteiger partial charge in [0.2, 0.25) is 0 Å². The lowest BCUT2D eigenvalue weighted by Crippen LogP contribution is -2.30. The lowest BCUT2D eigenvalue weighted by molar-refractivity contribution is -0.161. The number of carbonyl (C=O) groups excluding carboxylic acids is 2. The number of rotatable bonds is 5. The molecule has 3 aromatic rings. The van der Waals surface area contributed by atoms with Crippen LogP contribution in [0.25, 0.3) is 22.5 Å². The number of aromatic nitrogens is 2. The first kappa shape index (κ1) is 19.2. The number of nitrogens with one attached hydrogen (secondary N) is 1. The van der Waals surface area contributed by atoms with Crippen LogP contribution >= 0.6 is 11.6 Å². The third-order valence-corrected chi connectivity index (χ3v) is 5.73. The summed E-state index contributed by atoms with van der Waals surface area (Å²) in [6.07, 6.45) is 0.281. The zero-order chi connectivity index (χ0) is 20.6. The summed E-state index contributed by atoms with van der Waals surface area (Å²) < 4.78 is 9.89. The van der Waals surface area contributed by atoms with E-state index in [4.69, 9.17) is 21.1 Å². The van der Waals surface area contributed by atoms with Crippen molar-refractivity contribution in [2.24, 2.45) is 5.41 Å². The van der Waals surface area contributed by atoms with Gasteiger partial charge in [-0.15, -0.1) is 0 Å². The first-order chi connectivity index (χ1) is 14.0. The van der Waals surface area contributed by atoms with E-state index in [1.165, 1.54) is 14.2 Å². The van der Waals surface area contributed by atoms with Gasteiger partial charge in [0.1, 0.15) is 0 Å². The first-order valence-corrected chi connectivity index (χ1v) is 9.47. The van der Waals surface area contributed by atoms with Crippen LogP contribution in [0.4, 0.5) is 0 Å². The van der Waals surface area contributed by atoms with Gasteiger partial charge in [-0.2, -0.15) is 5.10 Å². The molecule has 0 radical (unpaired) electrons. The van der Waals surface area contributed by atoms with E-state index < -0.39 is 23.3 Å². The van der Waals surface area contributed by atoms with Crippen LogP contribution in [0.1, 0.15) is 17.9 Å². The van der Waals surface area contributed by atoms with Gasteiger partial charge in [0.25, 0.3) is 0 Å². The lowest BCUT2D eigenvalue weighted by Gasteiger charge is -2.14. The molecular formula is C22H19ClN2O4. The number of ether oxygens (including phenoxy) is 2. The lowest BCUT2D eigenvalue weighted by atomic mass is 9.93. The Morgan fingerprint density at radius 2 is 1.66 bits per heavy atom. The predicted octanol–water partition coefficient (Wildman–Crippen LogP) is 4.22. The Bertz CT molecular complexity index is 1060. The fourth-order valence-corrected chi connectivity index (χ4v) is 4.12. The van der Waals surface area contributed by atoms with Gasteiger partial charge >= 0.3 is 11.9 Å². The monoisotopic (exact) mass is 410 g/mol. The van der Waals surface area contributed by atoms with Crippen LogP contribution in [-0.4, -0.2) is 36.4 Å². The van der Waals surface area contributed by atoms with E-state index in [9.17, 15) is 9.59 Å². The van der Waals surface area contributed by atoms with Gasteiger partial charge in [0.15, 0.2) is 5.41 Å². The fraction of sp³-hybridized carbons (Fsp3) is 0.227. The molecular weight excluding hydrogens is 392 g/mol. The molecule has 4 rings (SSSR count). The highest BCUT2D eigenvalue weighted by Crippen LogP contribution is 2.63. The molecule has 0 saturated heterocycles. The molecule has 6 nitrogen and oxygen atoms in total. The molecule has 0 spiro atoms. The van der Waals surface area contributed by atoms with Gasteiger partial charge in [0.05, 0.1) is 25.6 Å². The molecule has 1 aliphatic carbocycles. The topological polar surface area (TPSA) is 81.3 Å². The van der Waals surface area contributed by atoms with Crippen LogP contribution in [0, 0.1) is 5.41 Å². The average molecular weight is 411 g/mol. The molecule has 7 heteroatoms. The summed E-state index contributed by atoms with van der Waals surface area (Å²) in [5.74, 6) is -1.66. The maximum Gasteiger partial charge on any atom is 0.323 e. The minimum atomic E-state index is -1.38. The minimum absolute atomic E-state index is 0.281. The number of H-pyrrole nitrogens is 1. The maximum absolute atomic E-state index is 12.6. The molecule has 2 aromatic carbocycles. The molecule has 1 fully saturated rings. The highest BCUT2D eigenvalue weighted by atomic mass is 35.5. The van der Waals surface area contributed by atoms with E-state index in [1.54, 1.807) is 6.07 Å². The molecule has 1 atom stereocenters. The zero-order valence-corrected chi connectivity index (χ0v) is 16.7. The number of carbonyl (C=O) groups is 2. The molecule has 1 saturated carbocycles. The zero-order valence-electron chi connectivity index (χ0n) is 15.9. The highest BCUT2D eigenvalue weighted by molar-refractivity contribution is 6.33. The molecule has 29 heavy (non-hydrogen) atoms. The van der Waals surface area contributed by atoms with E-state index >= 15 is 0 Å². The van der Waals surface area contributed by atoms with E-state index in [2.05, 4.69) is 10.2 Å². The Morgan fingerprint density at radius 1 is 1.03 bits per heavy atom. The largest absolute Gasteiger partial charge is 0.468 e. The number of esters is 2. The predicted molar refractivity (Wildman–Crippen MR) is 108 cm³/mol. The Labute approximate surface area is 172 Å². The van der Waals surface area contributed by atoms with Crippen molar-refractivity contribution < 1.29 is 19.1 Å². The van der Waals surface area contributed by atoms with E-state index in [1.807, 2.05) is 48.5 Å². The quantitative estimate of drug-likeness (QED) is 0.503. The number of nitrogens with zero attached hydrogens (tertiary/aromatic N) is 1. The Hall–Kier alpha value is -3.12. The average Bonchev–Trinajstić information content (AvgIpc) is 3.36. The summed E-state index contributed by atoms with van der Waals surface area (Å²) in [6, 6.07) is 16.9. The third-order valence-electron chi connectivity index (χ3n) is 5.40. The molecule has 0 aliphatic heterocycles. The van der Waals surface area contributed by atoms with Crippen molar-refractivity contribution in [2.45, 2.75) is 12.3 Å². The molecule has 1 aromatic heterocycles. The van der Waals surface area contributed by atoms with E-state index in [-0.39, 0.29) is 6.42 Å². The van der Waals surface area contributed by atoms with Crippen LogP contribution in [0.15, 0.2) is 54.6 Å². The standard InChI is InChI=1S/C22H19ClN2O4/c1-28-20(26)22(21(27)29-2)12-15(22)17-18(13-8-4-3-5-9-13)24-25-19(17)14-10-6-7-11-16(14)23/h3-11,15H,12H2,1-2H3,(H,24,25). The summed E-state index contributed by atoms with van der Waals surface area (Å²) in [5, 5.41) is 8.12. The van der Waals surface area contributed by atoms with E-state index in [0.29, 0.717) is 16.4 Å². The Morgan fingerprint density at radius 3 is 2.28 bits per heavy atom.